The Labute approximate surface area is 112 Å². The number of aromatic nitrogens is 2. The molecule has 0 radical (unpaired) electrons. The molecule has 1 unspecified atom stereocenters. The molecule has 1 aliphatic rings. The summed E-state index contributed by atoms with van der Waals surface area (Å²) in [5.74, 6) is 1.05. The maximum absolute atomic E-state index is 11.3. The summed E-state index contributed by atoms with van der Waals surface area (Å²) in [7, 11) is 1.78. The summed E-state index contributed by atoms with van der Waals surface area (Å²) in [6.07, 6.45) is 2.48. The molecule has 106 valence electrons. The van der Waals surface area contributed by atoms with Gasteiger partial charge < -0.3 is 10.6 Å². The van der Waals surface area contributed by atoms with Crippen molar-refractivity contribution in [2.75, 3.05) is 24.5 Å². The van der Waals surface area contributed by atoms with E-state index in [0.29, 0.717) is 30.4 Å². The third kappa shape index (κ3) is 2.56. The summed E-state index contributed by atoms with van der Waals surface area (Å²) >= 11 is 0. The molecular formula is C12H21N5O2. The van der Waals surface area contributed by atoms with E-state index in [0.717, 1.165) is 25.9 Å². The van der Waals surface area contributed by atoms with Gasteiger partial charge in [0, 0.05) is 20.1 Å². The minimum Gasteiger partial charge on any atom is -0.351 e. The number of nitro groups is 1. The van der Waals surface area contributed by atoms with E-state index < -0.39 is 0 Å². The quantitative estimate of drug-likeness (QED) is 0.636. The minimum absolute atomic E-state index is 0.169. The van der Waals surface area contributed by atoms with Gasteiger partial charge in [-0.3, -0.25) is 10.1 Å². The van der Waals surface area contributed by atoms with Crippen LogP contribution in [0, 0.1) is 16.0 Å². The SMILES string of the molecule is CCCc1nn(C)c(N2CCC(CN)C2)c1[N+](=O)[O-]. The van der Waals surface area contributed by atoms with Gasteiger partial charge in [0.25, 0.3) is 0 Å². The number of anilines is 1. The highest BCUT2D eigenvalue weighted by Crippen LogP contribution is 2.34. The molecule has 0 aromatic carbocycles. The van der Waals surface area contributed by atoms with E-state index in [1.807, 2.05) is 11.8 Å². The lowest BCUT2D eigenvalue weighted by Gasteiger charge is -2.17. The van der Waals surface area contributed by atoms with Gasteiger partial charge in [0.2, 0.25) is 5.82 Å². The van der Waals surface area contributed by atoms with Crippen molar-refractivity contribution in [3.63, 3.8) is 0 Å². The number of rotatable bonds is 5. The molecule has 2 N–H and O–H groups in total. The van der Waals surface area contributed by atoms with Crippen molar-refractivity contribution < 1.29 is 4.92 Å². The molecule has 0 saturated carbocycles. The highest BCUT2D eigenvalue weighted by Gasteiger charge is 2.33. The van der Waals surface area contributed by atoms with Gasteiger partial charge in [-0.15, -0.1) is 0 Å². The van der Waals surface area contributed by atoms with Crippen LogP contribution in [0.4, 0.5) is 11.5 Å². The Hall–Kier alpha value is -1.63. The average molecular weight is 267 g/mol. The molecule has 0 bridgehead atoms. The van der Waals surface area contributed by atoms with Crippen molar-refractivity contribution in [1.29, 1.82) is 0 Å². The zero-order chi connectivity index (χ0) is 14.0. The van der Waals surface area contributed by atoms with Crippen molar-refractivity contribution in [2.45, 2.75) is 26.2 Å². The van der Waals surface area contributed by atoms with Crippen LogP contribution in [0.1, 0.15) is 25.5 Å². The molecule has 19 heavy (non-hydrogen) atoms. The summed E-state index contributed by atoms with van der Waals surface area (Å²) in [6, 6.07) is 0. The standard InChI is InChI=1S/C12H21N5O2/c1-3-4-10-11(17(18)19)12(15(2)14-10)16-6-5-9(7-13)8-16/h9H,3-8,13H2,1-2H3. The summed E-state index contributed by atoms with van der Waals surface area (Å²) < 4.78 is 1.64. The second kappa shape index (κ2) is 5.56. The van der Waals surface area contributed by atoms with E-state index in [1.54, 1.807) is 11.7 Å². The second-order valence-electron chi connectivity index (χ2n) is 5.09. The molecule has 1 saturated heterocycles. The van der Waals surface area contributed by atoms with Crippen LogP contribution < -0.4 is 10.6 Å². The number of nitrogens with zero attached hydrogens (tertiary/aromatic N) is 4. The van der Waals surface area contributed by atoms with Crippen molar-refractivity contribution in [3.05, 3.63) is 15.8 Å². The Balaban J connectivity index is 2.36. The number of hydrogen-bond donors (Lipinski definition) is 1. The van der Waals surface area contributed by atoms with Crippen LogP contribution >= 0.6 is 0 Å². The van der Waals surface area contributed by atoms with Crippen LogP contribution in [0.2, 0.25) is 0 Å². The Bertz CT molecular complexity index is 471. The first-order valence-corrected chi connectivity index (χ1v) is 6.73. The zero-order valence-corrected chi connectivity index (χ0v) is 11.5. The lowest BCUT2D eigenvalue weighted by molar-refractivity contribution is -0.384. The first-order chi connectivity index (χ1) is 9.08. The van der Waals surface area contributed by atoms with Crippen molar-refractivity contribution in [1.82, 2.24) is 9.78 Å². The largest absolute Gasteiger partial charge is 0.351 e. The molecule has 0 aliphatic carbocycles. The molecule has 1 aromatic rings. The Kier molecular flexibility index (Phi) is 4.04. The van der Waals surface area contributed by atoms with Gasteiger partial charge in [0.05, 0.1) is 4.92 Å². The fraction of sp³-hybridized carbons (Fsp3) is 0.750. The summed E-state index contributed by atoms with van der Waals surface area (Å²) in [5, 5.41) is 15.7. The molecule has 0 spiro atoms. The van der Waals surface area contributed by atoms with Crippen molar-refractivity contribution in [3.8, 4) is 0 Å². The van der Waals surface area contributed by atoms with Gasteiger partial charge in [0.15, 0.2) is 0 Å². The molecule has 0 amide bonds. The number of aryl methyl sites for hydroxylation is 2. The molecule has 1 fully saturated rings. The van der Waals surface area contributed by atoms with Crippen molar-refractivity contribution >= 4 is 11.5 Å². The molecule has 1 aliphatic heterocycles. The van der Waals surface area contributed by atoms with Crippen molar-refractivity contribution in [2.24, 2.45) is 18.7 Å². The van der Waals surface area contributed by atoms with E-state index in [4.69, 9.17) is 5.73 Å². The topological polar surface area (TPSA) is 90.2 Å². The predicted molar refractivity (Wildman–Crippen MR) is 73.2 cm³/mol. The Morgan fingerprint density at radius 3 is 2.84 bits per heavy atom. The third-order valence-electron chi connectivity index (χ3n) is 3.65. The Morgan fingerprint density at radius 1 is 1.58 bits per heavy atom. The number of nitrogens with two attached hydrogens (primary N) is 1. The molecule has 1 aromatic heterocycles. The number of hydrogen-bond acceptors (Lipinski definition) is 5. The van der Waals surface area contributed by atoms with Gasteiger partial charge >= 0.3 is 5.69 Å². The van der Waals surface area contributed by atoms with Crippen LogP contribution in [0.5, 0.6) is 0 Å². The van der Waals surface area contributed by atoms with Gasteiger partial charge in [-0.2, -0.15) is 5.10 Å². The van der Waals surface area contributed by atoms with Gasteiger partial charge in [0.1, 0.15) is 5.69 Å². The van der Waals surface area contributed by atoms with Crippen LogP contribution in [-0.4, -0.2) is 34.3 Å². The normalized spacial score (nSPS) is 19.1. The minimum atomic E-state index is -0.302. The van der Waals surface area contributed by atoms with Crippen LogP contribution in [0.25, 0.3) is 0 Å². The summed E-state index contributed by atoms with van der Waals surface area (Å²) in [4.78, 5) is 13.1. The maximum atomic E-state index is 11.3. The first kappa shape index (κ1) is 13.8. The zero-order valence-electron chi connectivity index (χ0n) is 11.5. The van der Waals surface area contributed by atoms with E-state index in [-0.39, 0.29) is 10.6 Å². The molecule has 1 atom stereocenters. The lowest BCUT2D eigenvalue weighted by Crippen LogP contribution is -2.25. The lowest BCUT2D eigenvalue weighted by atomic mass is 10.1. The molecule has 2 rings (SSSR count). The maximum Gasteiger partial charge on any atom is 0.334 e. The second-order valence-corrected chi connectivity index (χ2v) is 5.09. The molecule has 7 heteroatoms. The predicted octanol–water partition coefficient (Wildman–Crippen LogP) is 1.07. The fourth-order valence-electron chi connectivity index (χ4n) is 2.72. The van der Waals surface area contributed by atoms with Crippen LogP contribution in [0.3, 0.4) is 0 Å². The van der Waals surface area contributed by atoms with Gasteiger partial charge in [-0.25, -0.2) is 4.68 Å². The molecule has 2 heterocycles. The molecular weight excluding hydrogens is 246 g/mol. The smallest absolute Gasteiger partial charge is 0.334 e. The van der Waals surface area contributed by atoms with Crippen LogP contribution in [0.15, 0.2) is 0 Å². The fourth-order valence-corrected chi connectivity index (χ4v) is 2.72. The Morgan fingerprint density at radius 2 is 2.32 bits per heavy atom. The summed E-state index contributed by atoms with van der Waals surface area (Å²) in [5.41, 5.74) is 6.43. The van der Waals surface area contributed by atoms with E-state index >= 15 is 0 Å². The van der Waals surface area contributed by atoms with Gasteiger partial charge in [-0.1, -0.05) is 13.3 Å². The summed E-state index contributed by atoms with van der Waals surface area (Å²) in [6.45, 7) is 4.22. The van der Waals surface area contributed by atoms with E-state index in [9.17, 15) is 10.1 Å². The third-order valence-corrected chi connectivity index (χ3v) is 3.65. The van der Waals surface area contributed by atoms with E-state index in [2.05, 4.69) is 5.10 Å². The highest BCUT2D eigenvalue weighted by atomic mass is 16.6. The van der Waals surface area contributed by atoms with E-state index in [1.165, 1.54) is 0 Å². The highest BCUT2D eigenvalue weighted by molar-refractivity contribution is 5.62. The molecule has 7 nitrogen and oxygen atoms in total. The average Bonchev–Trinajstić information content (AvgIpc) is 2.93. The van der Waals surface area contributed by atoms with Crippen LogP contribution in [-0.2, 0) is 13.5 Å². The van der Waals surface area contributed by atoms with Gasteiger partial charge in [-0.05, 0) is 25.3 Å². The first-order valence-electron chi connectivity index (χ1n) is 6.73. The monoisotopic (exact) mass is 267 g/mol.